The molecule has 0 heterocycles. The number of carbonyl (C=O) groups excluding carboxylic acids is 1. The normalized spacial score (nSPS) is 10.6. The number of carbonyl (C=O) groups is 1. The summed E-state index contributed by atoms with van der Waals surface area (Å²) in [5, 5.41) is 15.1. The van der Waals surface area contributed by atoms with Crippen molar-refractivity contribution in [3.05, 3.63) is 74.3 Å². The first-order valence-corrected chi connectivity index (χ1v) is 6.70. The van der Waals surface area contributed by atoms with Crippen molar-refractivity contribution in [2.24, 2.45) is 5.10 Å². The van der Waals surface area contributed by atoms with Gasteiger partial charge in [-0.05, 0) is 25.1 Å². The Bertz CT molecular complexity index is 759. The first kappa shape index (κ1) is 15.7. The van der Waals surface area contributed by atoms with Gasteiger partial charge in [-0.1, -0.05) is 29.8 Å². The van der Waals surface area contributed by atoms with Gasteiger partial charge >= 0.3 is 0 Å². The number of aryl methyl sites for hydroxylation is 1. The maximum absolute atomic E-state index is 11.9. The minimum atomic E-state index is -0.493. The Hall–Kier alpha value is -2.73. The molecule has 112 valence electrons. The molecule has 2 aromatic carbocycles. The van der Waals surface area contributed by atoms with E-state index in [0.717, 1.165) is 0 Å². The van der Waals surface area contributed by atoms with Gasteiger partial charge in [0, 0.05) is 27.8 Å². The molecule has 0 aliphatic carbocycles. The van der Waals surface area contributed by atoms with Crippen LogP contribution in [0.1, 0.15) is 21.5 Å². The van der Waals surface area contributed by atoms with Crippen molar-refractivity contribution in [2.75, 3.05) is 0 Å². The Morgan fingerprint density at radius 1 is 1.32 bits per heavy atom. The molecule has 0 aromatic heterocycles. The molecule has 1 N–H and O–H groups in total. The van der Waals surface area contributed by atoms with Gasteiger partial charge in [0.15, 0.2) is 0 Å². The van der Waals surface area contributed by atoms with Gasteiger partial charge in [-0.3, -0.25) is 14.9 Å². The number of nitrogens with zero attached hydrogens (tertiary/aromatic N) is 2. The predicted molar refractivity (Wildman–Crippen MR) is 84.3 cm³/mol. The van der Waals surface area contributed by atoms with Gasteiger partial charge < -0.3 is 0 Å². The van der Waals surface area contributed by atoms with Crippen molar-refractivity contribution >= 4 is 29.4 Å². The fourth-order valence-electron chi connectivity index (χ4n) is 1.81. The van der Waals surface area contributed by atoms with Crippen molar-refractivity contribution in [2.45, 2.75) is 6.92 Å². The van der Waals surface area contributed by atoms with Gasteiger partial charge in [0.05, 0.1) is 11.1 Å². The van der Waals surface area contributed by atoms with E-state index in [1.54, 1.807) is 31.2 Å². The highest BCUT2D eigenvalue weighted by molar-refractivity contribution is 6.33. The lowest BCUT2D eigenvalue weighted by Gasteiger charge is -2.02. The monoisotopic (exact) mass is 317 g/mol. The summed E-state index contributed by atoms with van der Waals surface area (Å²) in [5.74, 6) is -0.457. The van der Waals surface area contributed by atoms with Gasteiger partial charge in [-0.15, -0.1) is 0 Å². The Morgan fingerprint density at radius 2 is 2.05 bits per heavy atom. The summed E-state index contributed by atoms with van der Waals surface area (Å²) < 4.78 is 0. The van der Waals surface area contributed by atoms with E-state index in [9.17, 15) is 14.9 Å². The second-order valence-electron chi connectivity index (χ2n) is 4.48. The van der Waals surface area contributed by atoms with E-state index in [-0.39, 0.29) is 5.69 Å². The topological polar surface area (TPSA) is 84.6 Å². The molecule has 22 heavy (non-hydrogen) atoms. The molecule has 2 rings (SSSR count). The molecule has 0 atom stereocenters. The zero-order valence-electron chi connectivity index (χ0n) is 11.6. The number of amides is 1. The number of nitro groups is 1. The van der Waals surface area contributed by atoms with Crippen LogP contribution in [0.15, 0.2) is 47.6 Å². The molecule has 0 bridgehead atoms. The number of halogens is 1. The molecule has 0 aliphatic heterocycles. The number of hydrogen-bond donors (Lipinski definition) is 1. The van der Waals surface area contributed by atoms with Crippen molar-refractivity contribution in [1.82, 2.24) is 5.43 Å². The first-order valence-electron chi connectivity index (χ1n) is 6.32. The van der Waals surface area contributed by atoms with Gasteiger partial charge in [-0.2, -0.15) is 5.10 Å². The Balaban J connectivity index is 2.08. The third-order valence-electron chi connectivity index (χ3n) is 2.93. The van der Waals surface area contributed by atoms with Gasteiger partial charge in [0.1, 0.15) is 0 Å². The Labute approximate surface area is 131 Å². The van der Waals surface area contributed by atoms with Crippen molar-refractivity contribution in [1.29, 1.82) is 0 Å². The van der Waals surface area contributed by atoms with Crippen LogP contribution in [0, 0.1) is 17.0 Å². The smallest absolute Gasteiger partial charge is 0.267 e. The Morgan fingerprint density at radius 3 is 2.68 bits per heavy atom. The molecular weight excluding hydrogens is 306 g/mol. The molecule has 0 saturated carbocycles. The summed E-state index contributed by atoms with van der Waals surface area (Å²) in [7, 11) is 0. The summed E-state index contributed by atoms with van der Waals surface area (Å²) >= 11 is 5.96. The maximum atomic E-state index is 11.9. The zero-order valence-corrected chi connectivity index (χ0v) is 12.4. The quantitative estimate of drug-likeness (QED) is 0.533. The van der Waals surface area contributed by atoms with E-state index < -0.39 is 10.8 Å². The van der Waals surface area contributed by atoms with Crippen molar-refractivity contribution in [3.8, 4) is 0 Å². The third-order valence-corrected chi connectivity index (χ3v) is 3.27. The summed E-state index contributed by atoms with van der Waals surface area (Å²) in [5.41, 5.74) is 3.69. The average Bonchev–Trinajstić information content (AvgIpc) is 2.48. The fourth-order valence-corrected chi connectivity index (χ4v) is 1.99. The van der Waals surface area contributed by atoms with Crippen LogP contribution in [0.2, 0.25) is 5.02 Å². The van der Waals surface area contributed by atoms with Gasteiger partial charge in [0.25, 0.3) is 11.6 Å². The van der Waals surface area contributed by atoms with E-state index in [0.29, 0.717) is 21.7 Å². The number of hydrazone groups is 1. The molecule has 6 nitrogen and oxygen atoms in total. The summed E-state index contributed by atoms with van der Waals surface area (Å²) in [6, 6.07) is 11.2. The van der Waals surface area contributed by atoms with Gasteiger partial charge in [0.2, 0.25) is 0 Å². The van der Waals surface area contributed by atoms with Crippen molar-refractivity contribution in [3.63, 3.8) is 0 Å². The van der Waals surface area contributed by atoms with Crippen LogP contribution >= 0.6 is 11.6 Å². The number of benzene rings is 2. The molecule has 0 radical (unpaired) electrons. The van der Waals surface area contributed by atoms with Crippen molar-refractivity contribution < 1.29 is 9.72 Å². The van der Waals surface area contributed by atoms with Crippen LogP contribution in [0.25, 0.3) is 0 Å². The number of nitrogens with one attached hydrogen (secondary N) is 1. The molecule has 7 heteroatoms. The van der Waals surface area contributed by atoms with Crippen LogP contribution in [-0.2, 0) is 0 Å². The lowest BCUT2D eigenvalue weighted by molar-refractivity contribution is -0.385. The van der Waals surface area contributed by atoms with E-state index in [4.69, 9.17) is 11.6 Å². The first-order chi connectivity index (χ1) is 10.5. The molecule has 0 aliphatic rings. The van der Waals surface area contributed by atoms with Crippen LogP contribution in [0.3, 0.4) is 0 Å². The van der Waals surface area contributed by atoms with E-state index in [2.05, 4.69) is 10.5 Å². The van der Waals surface area contributed by atoms with E-state index in [1.807, 2.05) is 0 Å². The zero-order chi connectivity index (χ0) is 16.1. The second kappa shape index (κ2) is 6.82. The summed E-state index contributed by atoms with van der Waals surface area (Å²) in [6.45, 7) is 1.57. The Kier molecular flexibility index (Phi) is 4.85. The van der Waals surface area contributed by atoms with Crippen LogP contribution in [-0.4, -0.2) is 17.0 Å². The number of nitro benzene ring substituents is 1. The van der Waals surface area contributed by atoms with Gasteiger partial charge in [-0.25, -0.2) is 5.43 Å². The molecular formula is C15H12ClN3O3. The predicted octanol–water partition coefficient (Wildman–Crippen LogP) is 3.32. The average molecular weight is 318 g/mol. The van der Waals surface area contributed by atoms with E-state index in [1.165, 1.54) is 24.4 Å². The van der Waals surface area contributed by atoms with Crippen LogP contribution in [0.4, 0.5) is 5.69 Å². The summed E-state index contributed by atoms with van der Waals surface area (Å²) in [6.07, 6.45) is 1.43. The third kappa shape index (κ3) is 3.67. The molecule has 0 fully saturated rings. The molecule has 0 saturated heterocycles. The number of hydrogen-bond acceptors (Lipinski definition) is 4. The van der Waals surface area contributed by atoms with E-state index >= 15 is 0 Å². The molecule has 1 amide bonds. The minimum Gasteiger partial charge on any atom is -0.267 e. The number of rotatable bonds is 4. The highest BCUT2D eigenvalue weighted by Crippen LogP contribution is 2.18. The molecule has 0 unspecified atom stereocenters. The van der Waals surface area contributed by atoms with Crippen LogP contribution in [0.5, 0.6) is 0 Å². The lowest BCUT2D eigenvalue weighted by atomic mass is 10.1. The minimum absolute atomic E-state index is 0.0314. The standard InChI is InChI=1S/C15H12ClN3O3/c1-10-8-11(6-7-14(10)19(21)22)15(20)18-17-9-12-4-2-3-5-13(12)16/h2-9H,1H3,(H,18,20)/b17-9+. The second-order valence-corrected chi connectivity index (χ2v) is 4.89. The highest BCUT2D eigenvalue weighted by Gasteiger charge is 2.13. The fraction of sp³-hybridized carbons (Fsp3) is 0.0667. The maximum Gasteiger partial charge on any atom is 0.272 e. The molecule has 0 spiro atoms. The largest absolute Gasteiger partial charge is 0.272 e. The SMILES string of the molecule is Cc1cc(C(=O)N/N=C/c2ccccc2Cl)ccc1[N+](=O)[O-]. The molecule has 2 aromatic rings. The highest BCUT2D eigenvalue weighted by atomic mass is 35.5. The van der Waals surface area contributed by atoms with Crippen LogP contribution < -0.4 is 5.43 Å². The lowest BCUT2D eigenvalue weighted by Crippen LogP contribution is -2.17. The summed E-state index contributed by atoms with van der Waals surface area (Å²) in [4.78, 5) is 22.2.